The summed E-state index contributed by atoms with van der Waals surface area (Å²) in [6, 6.07) is 12.8. The van der Waals surface area contributed by atoms with Gasteiger partial charge in [0.15, 0.2) is 0 Å². The van der Waals surface area contributed by atoms with E-state index in [9.17, 15) is 16.8 Å². The second kappa shape index (κ2) is 9.91. The van der Waals surface area contributed by atoms with Gasteiger partial charge in [0, 0.05) is 12.6 Å². The minimum atomic E-state index is -3.62. The molecule has 7 nitrogen and oxygen atoms in total. The van der Waals surface area contributed by atoms with E-state index in [1.165, 1.54) is 12.1 Å². The molecule has 3 rings (SSSR count). The number of rotatable bonds is 10. The molecule has 1 saturated carbocycles. The Labute approximate surface area is 179 Å². The molecule has 0 aliphatic heterocycles. The van der Waals surface area contributed by atoms with E-state index in [1.54, 1.807) is 36.4 Å². The van der Waals surface area contributed by atoms with Crippen LogP contribution in [-0.4, -0.2) is 36.0 Å². The molecule has 1 aliphatic rings. The fourth-order valence-corrected chi connectivity index (χ4v) is 5.80. The molecule has 0 amide bonds. The maximum Gasteiger partial charge on any atom is 0.240 e. The quantitative estimate of drug-likeness (QED) is 0.577. The van der Waals surface area contributed by atoms with Gasteiger partial charge in [-0.1, -0.05) is 25.0 Å². The SMILES string of the molecule is CCOc1ccc(S(=O)(=O)NCCc2ccc(S(=O)(=O)NC3CCCC3)cc2)cc1. The van der Waals surface area contributed by atoms with Gasteiger partial charge in [-0.3, -0.25) is 0 Å². The summed E-state index contributed by atoms with van der Waals surface area (Å²) in [6.45, 7) is 2.59. The molecule has 2 aromatic rings. The monoisotopic (exact) mass is 452 g/mol. The Kier molecular flexibility index (Phi) is 7.51. The molecule has 0 aromatic heterocycles. The number of nitrogens with one attached hydrogen (secondary N) is 2. The van der Waals surface area contributed by atoms with E-state index in [0.717, 1.165) is 31.2 Å². The van der Waals surface area contributed by atoms with Crippen LogP contribution in [0.1, 0.15) is 38.2 Å². The first-order valence-corrected chi connectivity index (χ1v) is 13.1. The minimum Gasteiger partial charge on any atom is -0.494 e. The maximum atomic E-state index is 12.5. The highest BCUT2D eigenvalue weighted by atomic mass is 32.2. The van der Waals surface area contributed by atoms with Gasteiger partial charge >= 0.3 is 0 Å². The highest BCUT2D eigenvalue weighted by molar-refractivity contribution is 7.89. The average Bonchev–Trinajstić information content (AvgIpc) is 3.21. The van der Waals surface area contributed by atoms with Crippen LogP contribution in [0.4, 0.5) is 0 Å². The van der Waals surface area contributed by atoms with Crippen LogP contribution < -0.4 is 14.2 Å². The van der Waals surface area contributed by atoms with Crippen LogP contribution >= 0.6 is 0 Å². The molecule has 2 aromatic carbocycles. The molecule has 9 heteroatoms. The lowest BCUT2D eigenvalue weighted by molar-refractivity contribution is 0.340. The zero-order valence-corrected chi connectivity index (χ0v) is 18.6. The molecule has 164 valence electrons. The first-order valence-electron chi connectivity index (χ1n) is 10.1. The van der Waals surface area contributed by atoms with Crippen LogP contribution in [0.25, 0.3) is 0 Å². The molecule has 0 heterocycles. The minimum absolute atomic E-state index is 0.0201. The van der Waals surface area contributed by atoms with Crippen molar-refractivity contribution < 1.29 is 21.6 Å². The molecule has 0 spiro atoms. The molecule has 1 fully saturated rings. The Morgan fingerprint density at radius 2 is 1.43 bits per heavy atom. The van der Waals surface area contributed by atoms with E-state index >= 15 is 0 Å². The third kappa shape index (κ3) is 6.04. The molecular formula is C21H28N2O5S2. The van der Waals surface area contributed by atoms with Gasteiger partial charge in [-0.25, -0.2) is 26.3 Å². The van der Waals surface area contributed by atoms with E-state index in [1.807, 2.05) is 6.92 Å². The summed E-state index contributed by atoms with van der Waals surface area (Å²) in [6.07, 6.45) is 4.32. The van der Waals surface area contributed by atoms with Crippen molar-refractivity contribution in [3.63, 3.8) is 0 Å². The lowest BCUT2D eigenvalue weighted by atomic mass is 10.2. The van der Waals surface area contributed by atoms with E-state index in [2.05, 4.69) is 9.44 Å². The van der Waals surface area contributed by atoms with Gasteiger partial charge in [-0.05, 0) is 68.1 Å². The molecule has 1 aliphatic carbocycles. The zero-order chi connectivity index (χ0) is 21.6. The molecule has 2 N–H and O–H groups in total. The Balaban J connectivity index is 1.54. The first-order chi connectivity index (χ1) is 14.3. The smallest absolute Gasteiger partial charge is 0.240 e. The molecule has 0 atom stereocenters. The topological polar surface area (TPSA) is 102 Å². The Morgan fingerprint density at radius 3 is 2.03 bits per heavy atom. The van der Waals surface area contributed by atoms with E-state index in [4.69, 9.17) is 4.74 Å². The van der Waals surface area contributed by atoms with E-state index < -0.39 is 20.0 Å². The van der Waals surface area contributed by atoms with E-state index in [0.29, 0.717) is 18.8 Å². The number of sulfonamides is 2. The van der Waals surface area contributed by atoms with Gasteiger partial charge in [-0.2, -0.15) is 0 Å². The largest absolute Gasteiger partial charge is 0.494 e. The summed E-state index contributed by atoms with van der Waals surface area (Å²) in [5.74, 6) is 0.619. The van der Waals surface area contributed by atoms with Crippen molar-refractivity contribution >= 4 is 20.0 Å². The lowest BCUT2D eigenvalue weighted by Crippen LogP contribution is -2.32. The predicted molar refractivity (Wildman–Crippen MR) is 116 cm³/mol. The van der Waals surface area contributed by atoms with Crippen molar-refractivity contribution in [3.05, 3.63) is 54.1 Å². The normalized spacial score (nSPS) is 15.4. The summed E-state index contributed by atoms with van der Waals surface area (Å²) in [5, 5.41) is 0. The third-order valence-electron chi connectivity index (χ3n) is 5.06. The molecule has 0 saturated heterocycles. The number of hydrogen-bond donors (Lipinski definition) is 2. The number of hydrogen-bond acceptors (Lipinski definition) is 5. The molecule has 0 bridgehead atoms. The van der Waals surface area contributed by atoms with Crippen LogP contribution in [0.3, 0.4) is 0 Å². The summed E-state index contributed by atoms with van der Waals surface area (Å²) in [7, 11) is -7.14. The Morgan fingerprint density at radius 1 is 0.867 bits per heavy atom. The predicted octanol–water partition coefficient (Wildman–Crippen LogP) is 2.83. The number of ether oxygens (including phenoxy) is 1. The van der Waals surface area contributed by atoms with Crippen LogP contribution in [0, 0.1) is 0 Å². The maximum absolute atomic E-state index is 12.5. The van der Waals surface area contributed by atoms with Crippen molar-refractivity contribution in [1.82, 2.24) is 9.44 Å². The second-order valence-corrected chi connectivity index (χ2v) is 10.8. The van der Waals surface area contributed by atoms with Crippen molar-refractivity contribution in [2.24, 2.45) is 0 Å². The fraction of sp³-hybridized carbons (Fsp3) is 0.429. The standard InChI is InChI=1S/C21H28N2O5S2/c1-2-28-19-9-13-20(14-10-19)29(24,25)22-16-15-17-7-11-21(12-8-17)30(26,27)23-18-5-3-4-6-18/h7-14,18,22-23H,2-6,15-16H2,1H3. The zero-order valence-electron chi connectivity index (χ0n) is 17.0. The van der Waals surface area contributed by atoms with Gasteiger partial charge in [0.2, 0.25) is 20.0 Å². The highest BCUT2D eigenvalue weighted by Crippen LogP contribution is 2.21. The lowest BCUT2D eigenvalue weighted by Gasteiger charge is -2.13. The summed E-state index contributed by atoms with van der Waals surface area (Å²) in [5.41, 5.74) is 0.851. The van der Waals surface area contributed by atoms with Gasteiger partial charge in [-0.15, -0.1) is 0 Å². The van der Waals surface area contributed by atoms with Crippen LogP contribution in [0.15, 0.2) is 58.3 Å². The second-order valence-electron chi connectivity index (χ2n) is 7.30. The Hall–Kier alpha value is -1.94. The molecular weight excluding hydrogens is 424 g/mol. The third-order valence-corrected chi connectivity index (χ3v) is 8.07. The van der Waals surface area contributed by atoms with Crippen LogP contribution in [0.2, 0.25) is 0 Å². The molecule has 0 radical (unpaired) electrons. The van der Waals surface area contributed by atoms with Crippen LogP contribution in [-0.2, 0) is 26.5 Å². The van der Waals surface area contributed by atoms with Crippen molar-refractivity contribution in [2.75, 3.05) is 13.2 Å². The van der Waals surface area contributed by atoms with E-state index in [-0.39, 0.29) is 22.4 Å². The summed E-state index contributed by atoms with van der Waals surface area (Å²) >= 11 is 0. The van der Waals surface area contributed by atoms with Crippen LogP contribution in [0.5, 0.6) is 5.75 Å². The van der Waals surface area contributed by atoms with Gasteiger partial charge in [0.1, 0.15) is 5.75 Å². The molecule has 30 heavy (non-hydrogen) atoms. The Bertz CT molecular complexity index is 1030. The van der Waals surface area contributed by atoms with Gasteiger partial charge in [0.05, 0.1) is 16.4 Å². The summed E-state index contributed by atoms with van der Waals surface area (Å²) in [4.78, 5) is 0.401. The molecule has 0 unspecified atom stereocenters. The summed E-state index contributed by atoms with van der Waals surface area (Å²) < 4.78 is 60.4. The van der Waals surface area contributed by atoms with Crippen molar-refractivity contribution in [2.45, 2.75) is 54.9 Å². The van der Waals surface area contributed by atoms with Crippen molar-refractivity contribution in [1.29, 1.82) is 0 Å². The van der Waals surface area contributed by atoms with Crippen molar-refractivity contribution in [3.8, 4) is 5.75 Å². The first kappa shape index (κ1) is 22.7. The highest BCUT2D eigenvalue weighted by Gasteiger charge is 2.22. The number of benzene rings is 2. The fourth-order valence-electron chi connectivity index (χ4n) is 3.46. The van der Waals surface area contributed by atoms with Gasteiger partial charge < -0.3 is 4.74 Å². The van der Waals surface area contributed by atoms with Gasteiger partial charge in [0.25, 0.3) is 0 Å². The average molecular weight is 453 g/mol.